The molecule has 0 spiro atoms. The van der Waals surface area contributed by atoms with Crippen LogP contribution < -0.4 is 0 Å². The molecule has 1 heterocycles. The zero-order valence-electron chi connectivity index (χ0n) is 11.6. The van der Waals surface area contributed by atoms with E-state index in [1.165, 1.54) is 11.8 Å². The van der Waals surface area contributed by atoms with E-state index in [4.69, 9.17) is 5.11 Å². The van der Waals surface area contributed by atoms with Gasteiger partial charge in [0.25, 0.3) is 0 Å². The minimum absolute atomic E-state index is 0.00126. The van der Waals surface area contributed by atoms with Gasteiger partial charge in [-0.25, -0.2) is 0 Å². The van der Waals surface area contributed by atoms with E-state index in [1.807, 2.05) is 22.8 Å². The molecule has 0 aliphatic carbocycles. The number of nitrogens with zero attached hydrogens (tertiary/aromatic N) is 3. The van der Waals surface area contributed by atoms with Crippen LogP contribution in [0.1, 0.15) is 24.7 Å². The fraction of sp³-hybridized carbons (Fsp3) is 0.357. The molecule has 5 nitrogen and oxygen atoms in total. The number of benzene rings is 1. The zero-order valence-corrected chi connectivity index (χ0v) is 14.0. The maximum absolute atomic E-state index is 10.7. The molecule has 0 bridgehead atoms. The first-order chi connectivity index (χ1) is 10.1. The average molecular weight is 370 g/mol. The predicted molar refractivity (Wildman–Crippen MR) is 85.6 cm³/mol. The van der Waals surface area contributed by atoms with Crippen molar-refractivity contribution in [1.29, 1.82) is 0 Å². The summed E-state index contributed by atoms with van der Waals surface area (Å²) in [4.78, 5) is 10.7. The molecule has 1 aromatic carbocycles. The Morgan fingerprint density at radius 1 is 1.43 bits per heavy atom. The highest BCUT2D eigenvalue weighted by molar-refractivity contribution is 9.10. The molecule has 112 valence electrons. The van der Waals surface area contributed by atoms with Crippen LogP contribution in [0.5, 0.6) is 0 Å². The summed E-state index contributed by atoms with van der Waals surface area (Å²) >= 11 is 4.67. The molecule has 2 rings (SSSR count). The number of hydrogen-bond acceptors (Lipinski definition) is 4. The lowest BCUT2D eigenvalue weighted by Crippen LogP contribution is -2.07. The molecule has 0 aliphatic heterocycles. The first kappa shape index (κ1) is 16.0. The summed E-state index contributed by atoms with van der Waals surface area (Å²) in [5, 5.41) is 17.8. The van der Waals surface area contributed by atoms with E-state index < -0.39 is 5.97 Å². The average Bonchev–Trinajstić information content (AvgIpc) is 2.80. The minimum Gasteiger partial charge on any atom is -0.481 e. The highest BCUT2D eigenvalue weighted by atomic mass is 79.9. The van der Waals surface area contributed by atoms with Crippen molar-refractivity contribution < 1.29 is 9.90 Å². The van der Waals surface area contributed by atoms with Crippen LogP contribution in [-0.2, 0) is 17.8 Å². The molecule has 0 unspecified atom stereocenters. The second-order valence-electron chi connectivity index (χ2n) is 4.54. The van der Waals surface area contributed by atoms with Gasteiger partial charge in [0.15, 0.2) is 5.16 Å². The Bertz CT molecular complexity index is 630. The van der Waals surface area contributed by atoms with Crippen LogP contribution in [0.25, 0.3) is 0 Å². The topological polar surface area (TPSA) is 68.0 Å². The van der Waals surface area contributed by atoms with Crippen molar-refractivity contribution in [3.8, 4) is 0 Å². The standard InChI is InChI=1S/C14H16BrN3O2S/c1-2-6-18-12(8-10-4-3-5-11(15)7-10)16-17-14(18)21-9-13(19)20/h3-5,7H,2,6,8-9H2,1H3,(H,19,20). The van der Waals surface area contributed by atoms with Gasteiger partial charge in [-0.1, -0.05) is 46.7 Å². The third kappa shape index (κ3) is 4.57. The number of aliphatic carboxylic acids is 1. The van der Waals surface area contributed by atoms with Crippen molar-refractivity contribution in [3.63, 3.8) is 0 Å². The van der Waals surface area contributed by atoms with E-state index in [0.29, 0.717) is 11.6 Å². The third-order valence-corrected chi connectivity index (χ3v) is 4.26. The Balaban J connectivity index is 2.20. The number of aromatic nitrogens is 3. The Morgan fingerprint density at radius 2 is 2.24 bits per heavy atom. The lowest BCUT2D eigenvalue weighted by molar-refractivity contribution is -0.133. The van der Waals surface area contributed by atoms with Crippen molar-refractivity contribution in [2.24, 2.45) is 0 Å². The SMILES string of the molecule is CCCn1c(Cc2cccc(Br)c2)nnc1SCC(=O)O. The molecule has 0 fully saturated rings. The monoisotopic (exact) mass is 369 g/mol. The van der Waals surface area contributed by atoms with Crippen molar-refractivity contribution in [3.05, 3.63) is 40.1 Å². The highest BCUT2D eigenvalue weighted by Gasteiger charge is 2.13. The van der Waals surface area contributed by atoms with E-state index >= 15 is 0 Å². The van der Waals surface area contributed by atoms with Gasteiger partial charge >= 0.3 is 5.97 Å². The summed E-state index contributed by atoms with van der Waals surface area (Å²) in [6.07, 6.45) is 1.63. The van der Waals surface area contributed by atoms with E-state index in [2.05, 4.69) is 39.1 Å². The van der Waals surface area contributed by atoms with Gasteiger partial charge in [-0.15, -0.1) is 10.2 Å². The third-order valence-electron chi connectivity index (χ3n) is 2.82. The number of halogens is 1. The molecule has 0 saturated heterocycles. The smallest absolute Gasteiger partial charge is 0.313 e. The first-order valence-electron chi connectivity index (χ1n) is 6.61. The van der Waals surface area contributed by atoms with Gasteiger partial charge in [0.1, 0.15) is 5.82 Å². The normalized spacial score (nSPS) is 10.8. The van der Waals surface area contributed by atoms with Crippen molar-refractivity contribution >= 4 is 33.7 Å². The molecule has 0 saturated carbocycles. The minimum atomic E-state index is -0.848. The van der Waals surface area contributed by atoms with E-state index in [-0.39, 0.29) is 5.75 Å². The summed E-state index contributed by atoms with van der Waals surface area (Å²) in [5.41, 5.74) is 1.14. The molecule has 0 amide bonds. The van der Waals surface area contributed by atoms with Crippen molar-refractivity contribution in [2.75, 3.05) is 5.75 Å². The lowest BCUT2D eigenvalue weighted by atomic mass is 10.1. The van der Waals surface area contributed by atoms with Crippen LogP contribution in [0.2, 0.25) is 0 Å². The quantitative estimate of drug-likeness (QED) is 0.758. The summed E-state index contributed by atoms with van der Waals surface area (Å²) in [6.45, 7) is 2.87. The van der Waals surface area contributed by atoms with Gasteiger partial charge in [-0.05, 0) is 24.1 Å². The second kappa shape index (κ2) is 7.61. The molecule has 0 atom stereocenters. The van der Waals surface area contributed by atoms with Crippen LogP contribution in [0.4, 0.5) is 0 Å². The van der Waals surface area contributed by atoms with Crippen LogP contribution in [-0.4, -0.2) is 31.6 Å². The molecule has 7 heteroatoms. The van der Waals surface area contributed by atoms with Crippen LogP contribution in [0.3, 0.4) is 0 Å². The summed E-state index contributed by atoms with van der Waals surface area (Å²) in [6, 6.07) is 8.06. The maximum atomic E-state index is 10.7. The Hall–Kier alpha value is -1.34. The summed E-state index contributed by atoms with van der Waals surface area (Å²) < 4.78 is 3.04. The lowest BCUT2D eigenvalue weighted by Gasteiger charge is -2.08. The van der Waals surface area contributed by atoms with Gasteiger partial charge in [-0.2, -0.15) is 0 Å². The van der Waals surface area contributed by atoms with Crippen LogP contribution in [0.15, 0.2) is 33.9 Å². The molecular weight excluding hydrogens is 354 g/mol. The molecule has 0 radical (unpaired) electrons. The van der Waals surface area contributed by atoms with Gasteiger partial charge in [-0.3, -0.25) is 4.79 Å². The highest BCUT2D eigenvalue weighted by Crippen LogP contribution is 2.20. The van der Waals surface area contributed by atoms with Crippen LogP contribution >= 0.6 is 27.7 Å². The van der Waals surface area contributed by atoms with Gasteiger partial charge in [0, 0.05) is 17.4 Å². The number of hydrogen-bond donors (Lipinski definition) is 1. The van der Waals surface area contributed by atoms with Crippen molar-refractivity contribution in [2.45, 2.75) is 31.5 Å². The maximum Gasteiger partial charge on any atom is 0.313 e. The Labute approximate surface area is 135 Å². The summed E-state index contributed by atoms with van der Waals surface area (Å²) in [5.74, 6) is 0.0149. The zero-order chi connectivity index (χ0) is 15.2. The predicted octanol–water partition coefficient (Wildman–Crippen LogP) is 3.22. The largest absolute Gasteiger partial charge is 0.481 e. The van der Waals surface area contributed by atoms with E-state index in [9.17, 15) is 4.79 Å². The fourth-order valence-electron chi connectivity index (χ4n) is 1.96. The summed E-state index contributed by atoms with van der Waals surface area (Å²) in [7, 11) is 0. The van der Waals surface area contributed by atoms with E-state index in [1.54, 1.807) is 0 Å². The molecule has 21 heavy (non-hydrogen) atoms. The fourth-order valence-corrected chi connectivity index (χ4v) is 3.11. The van der Waals surface area contributed by atoms with E-state index in [0.717, 1.165) is 28.8 Å². The second-order valence-corrected chi connectivity index (χ2v) is 6.40. The molecule has 1 N–H and O–H groups in total. The number of carboxylic acids is 1. The van der Waals surface area contributed by atoms with Gasteiger partial charge < -0.3 is 9.67 Å². The first-order valence-corrected chi connectivity index (χ1v) is 8.39. The molecule has 0 aliphatic rings. The Morgan fingerprint density at radius 3 is 2.90 bits per heavy atom. The van der Waals surface area contributed by atoms with Crippen molar-refractivity contribution in [1.82, 2.24) is 14.8 Å². The number of thioether (sulfide) groups is 1. The number of rotatable bonds is 7. The van der Waals surface area contributed by atoms with Gasteiger partial charge in [0.2, 0.25) is 0 Å². The molecule has 2 aromatic rings. The number of carbonyl (C=O) groups is 1. The van der Waals surface area contributed by atoms with Gasteiger partial charge in [0.05, 0.1) is 5.75 Å². The number of carboxylic acid groups (broad SMARTS) is 1. The molecule has 1 aromatic heterocycles. The molecular formula is C14H16BrN3O2S. The Kier molecular flexibility index (Phi) is 5.81. The van der Waals surface area contributed by atoms with Crippen LogP contribution in [0, 0.1) is 0 Å².